The Hall–Kier alpha value is -3.35. The lowest BCUT2D eigenvalue weighted by Gasteiger charge is -2.38. The number of carboxylic acids is 1. The van der Waals surface area contributed by atoms with Crippen LogP contribution in [-0.4, -0.2) is 95.5 Å². The van der Waals surface area contributed by atoms with Crippen LogP contribution in [0.1, 0.15) is 102 Å². The Labute approximate surface area is 303 Å². The highest BCUT2D eigenvalue weighted by Gasteiger charge is 2.37. The maximum atomic E-state index is 14.2. The number of aliphatic carboxylic acids is 1. The van der Waals surface area contributed by atoms with Gasteiger partial charge in [0.2, 0.25) is 11.8 Å². The molecule has 7 atom stereocenters. The fourth-order valence-corrected chi connectivity index (χ4v) is 7.25. The molecule has 0 aliphatic rings. The average molecular weight is 716 g/mol. The third-order valence-corrected chi connectivity index (χ3v) is 10.4. The predicted octanol–water partition coefficient (Wildman–Crippen LogP) is 5.66. The number of rotatable bonds is 21. The second kappa shape index (κ2) is 20.5. The topological polar surface area (TPSA) is 141 Å². The lowest BCUT2D eigenvalue weighted by molar-refractivity contribution is -0.141. The van der Waals surface area contributed by atoms with Gasteiger partial charge in [0.15, 0.2) is 0 Å². The second-order valence-corrected chi connectivity index (χ2v) is 15.3. The van der Waals surface area contributed by atoms with Gasteiger partial charge in [-0.2, -0.15) is 0 Å². The van der Waals surface area contributed by atoms with Crippen molar-refractivity contribution in [3.05, 3.63) is 52.0 Å². The molecule has 0 spiro atoms. The molecule has 2 aromatic rings. The number of benzene rings is 1. The molecular weight excluding hydrogens is 655 g/mol. The minimum Gasteiger partial charge on any atom is -0.481 e. The molecule has 1 aromatic heterocycles. The van der Waals surface area contributed by atoms with E-state index in [0.717, 1.165) is 12.0 Å². The number of hydrogen-bond donors (Lipinski definition) is 3. The summed E-state index contributed by atoms with van der Waals surface area (Å²) in [5, 5.41) is 18.0. The van der Waals surface area contributed by atoms with Crippen LogP contribution < -0.4 is 10.6 Å². The van der Waals surface area contributed by atoms with Crippen molar-refractivity contribution >= 4 is 35.0 Å². The van der Waals surface area contributed by atoms with E-state index in [1.165, 1.54) is 11.3 Å². The Balaban J connectivity index is 2.30. The van der Waals surface area contributed by atoms with E-state index in [9.17, 15) is 24.3 Å². The third kappa shape index (κ3) is 12.5. The summed E-state index contributed by atoms with van der Waals surface area (Å²) >= 11 is 1.33. The normalized spacial score (nSPS) is 16.0. The van der Waals surface area contributed by atoms with Crippen molar-refractivity contribution in [3.63, 3.8) is 0 Å². The molecule has 12 heteroatoms. The fourth-order valence-electron chi connectivity index (χ4n) is 6.39. The van der Waals surface area contributed by atoms with Gasteiger partial charge in [-0.25, -0.2) is 4.98 Å². The molecule has 2 rings (SSSR count). The predicted molar refractivity (Wildman–Crippen MR) is 199 cm³/mol. The summed E-state index contributed by atoms with van der Waals surface area (Å²) in [6, 6.07) is 7.95. The van der Waals surface area contributed by atoms with E-state index in [4.69, 9.17) is 4.74 Å². The lowest BCUT2D eigenvalue weighted by Crippen LogP contribution is -2.58. The number of carbonyl (C=O) groups is 4. The van der Waals surface area contributed by atoms with E-state index in [1.54, 1.807) is 24.3 Å². The van der Waals surface area contributed by atoms with Crippen molar-refractivity contribution in [2.45, 2.75) is 111 Å². The zero-order valence-electron chi connectivity index (χ0n) is 31.9. The molecule has 11 nitrogen and oxygen atoms in total. The minimum atomic E-state index is -0.915. The summed E-state index contributed by atoms with van der Waals surface area (Å²) in [5.74, 6) is -2.20. The van der Waals surface area contributed by atoms with E-state index < -0.39 is 30.1 Å². The molecule has 0 aliphatic heterocycles. The number of thiazole rings is 1. The molecule has 0 radical (unpaired) electrons. The first-order valence-corrected chi connectivity index (χ1v) is 18.8. The van der Waals surface area contributed by atoms with Gasteiger partial charge in [0.1, 0.15) is 22.8 Å². The van der Waals surface area contributed by atoms with Crippen LogP contribution >= 0.6 is 11.3 Å². The summed E-state index contributed by atoms with van der Waals surface area (Å²) in [7, 11) is 5.53. The van der Waals surface area contributed by atoms with Crippen LogP contribution in [0, 0.1) is 23.7 Å². The van der Waals surface area contributed by atoms with Gasteiger partial charge in [0.25, 0.3) is 5.91 Å². The van der Waals surface area contributed by atoms with Gasteiger partial charge in [-0.05, 0) is 57.2 Å². The van der Waals surface area contributed by atoms with Crippen molar-refractivity contribution < 1.29 is 29.0 Å². The van der Waals surface area contributed by atoms with Crippen molar-refractivity contribution in [2.75, 3.05) is 27.7 Å². The molecule has 0 saturated carbocycles. The first-order chi connectivity index (χ1) is 23.5. The van der Waals surface area contributed by atoms with Crippen LogP contribution in [0.3, 0.4) is 0 Å². The Morgan fingerprint density at radius 1 is 0.920 bits per heavy atom. The first kappa shape index (κ1) is 42.8. The number of amides is 3. The third-order valence-electron chi connectivity index (χ3n) is 9.42. The highest BCUT2D eigenvalue weighted by atomic mass is 32.1. The molecule has 3 amide bonds. The molecule has 1 aromatic carbocycles. The number of carbonyl (C=O) groups excluding carboxylic acids is 3. The van der Waals surface area contributed by atoms with Crippen LogP contribution in [0.25, 0.3) is 0 Å². The average Bonchev–Trinajstić information content (AvgIpc) is 3.55. The summed E-state index contributed by atoms with van der Waals surface area (Å²) in [6.45, 7) is 16.0. The van der Waals surface area contributed by atoms with Crippen LogP contribution in [0.15, 0.2) is 35.7 Å². The monoisotopic (exact) mass is 715 g/mol. The van der Waals surface area contributed by atoms with E-state index in [-0.39, 0.29) is 59.7 Å². The summed E-state index contributed by atoms with van der Waals surface area (Å²) in [6.07, 6.45) is 1.46. The van der Waals surface area contributed by atoms with E-state index in [2.05, 4.69) is 29.5 Å². The largest absolute Gasteiger partial charge is 0.481 e. The van der Waals surface area contributed by atoms with Crippen LogP contribution in [-0.2, 0) is 25.5 Å². The Morgan fingerprint density at radius 2 is 1.56 bits per heavy atom. The number of ether oxygens (including phenoxy) is 1. The van der Waals surface area contributed by atoms with Gasteiger partial charge in [-0.3, -0.25) is 24.1 Å². The molecule has 0 saturated heterocycles. The highest BCUT2D eigenvalue weighted by molar-refractivity contribution is 7.09. The lowest BCUT2D eigenvalue weighted by atomic mass is 9.92. The maximum Gasteiger partial charge on any atom is 0.306 e. The van der Waals surface area contributed by atoms with E-state index in [1.807, 2.05) is 83.9 Å². The van der Waals surface area contributed by atoms with Gasteiger partial charge in [-0.1, -0.05) is 85.2 Å². The van der Waals surface area contributed by atoms with Gasteiger partial charge in [-0.15, -0.1) is 11.3 Å². The Bertz CT molecular complexity index is 1360. The number of nitrogens with zero attached hydrogens (tertiary/aromatic N) is 3. The van der Waals surface area contributed by atoms with Crippen molar-refractivity contribution in [1.82, 2.24) is 25.4 Å². The van der Waals surface area contributed by atoms with Crippen LogP contribution in [0.4, 0.5) is 0 Å². The van der Waals surface area contributed by atoms with Crippen molar-refractivity contribution in [3.8, 4) is 0 Å². The molecule has 3 N–H and O–H groups in total. The number of hydrogen-bond acceptors (Lipinski definition) is 8. The molecule has 0 bridgehead atoms. The Morgan fingerprint density at radius 3 is 2.08 bits per heavy atom. The van der Waals surface area contributed by atoms with E-state index in [0.29, 0.717) is 24.5 Å². The minimum absolute atomic E-state index is 0.0584. The number of carboxylic acid groups (broad SMARTS) is 1. The summed E-state index contributed by atoms with van der Waals surface area (Å²) in [5.41, 5.74) is 1.23. The zero-order chi connectivity index (χ0) is 37.7. The fraction of sp³-hybridized carbons (Fsp3) is 0.658. The molecule has 0 aliphatic carbocycles. The molecule has 0 fully saturated rings. The van der Waals surface area contributed by atoms with E-state index >= 15 is 0 Å². The SMILES string of the molecule is CCOC(CC(C(C)C)N(C)C(=O)C(NC(=O)C(C(C)C)N(C)C)C(C)CC)c1nc(C(=O)NC(Cc2ccccc2)CC(C)C(=O)O)cs1. The van der Waals surface area contributed by atoms with Gasteiger partial charge >= 0.3 is 5.97 Å². The first-order valence-electron chi connectivity index (χ1n) is 17.9. The van der Waals surface area contributed by atoms with Crippen molar-refractivity contribution in [1.29, 1.82) is 0 Å². The smallest absolute Gasteiger partial charge is 0.306 e. The standard InChI is InChI=1S/C38H61N5O6S/c1-12-25(7)32(41-35(45)33(24(5)6)42(9)10)37(46)43(11)30(23(3)4)21-31(49-13-2)36-40-29(22-50-36)34(44)39-28(19-26(8)38(47)48)20-27-17-15-14-16-18-27/h14-18,22-26,28,30-33H,12-13,19-21H2,1-11H3,(H,39,44)(H,41,45)(H,47,48). The molecule has 50 heavy (non-hydrogen) atoms. The van der Waals surface area contributed by atoms with Gasteiger partial charge in [0.05, 0.1) is 12.0 Å². The van der Waals surface area contributed by atoms with Crippen LogP contribution in [0.5, 0.6) is 0 Å². The molecule has 1 heterocycles. The van der Waals surface area contributed by atoms with Crippen LogP contribution in [0.2, 0.25) is 0 Å². The highest BCUT2D eigenvalue weighted by Crippen LogP contribution is 2.31. The zero-order valence-corrected chi connectivity index (χ0v) is 32.8. The quantitative estimate of drug-likeness (QED) is 0.150. The molecule has 280 valence electrons. The summed E-state index contributed by atoms with van der Waals surface area (Å²) in [4.78, 5) is 61.0. The second-order valence-electron chi connectivity index (χ2n) is 14.4. The molecule has 7 unspecified atom stereocenters. The van der Waals surface area contributed by atoms with Gasteiger partial charge < -0.3 is 25.4 Å². The molecular formula is C38H61N5O6S. The van der Waals surface area contributed by atoms with Crippen molar-refractivity contribution in [2.24, 2.45) is 23.7 Å². The number of likely N-dealkylation sites (N-methyl/N-ethyl adjacent to an activating group) is 2. The summed E-state index contributed by atoms with van der Waals surface area (Å²) < 4.78 is 6.19. The number of nitrogens with one attached hydrogen (secondary N) is 2. The van der Waals surface area contributed by atoms with Gasteiger partial charge in [0, 0.05) is 37.5 Å². The Kier molecular flexibility index (Phi) is 17.5. The number of aromatic nitrogens is 1. The maximum absolute atomic E-state index is 14.2.